The standard InChI is InChI=1S/C17H35NO/c1-3-4-5-6-7-11-14-19-16(2)15-18-17-12-9-8-10-13-17/h16-18H,3-15H2,1-2H3. The molecule has 0 aromatic carbocycles. The highest BCUT2D eigenvalue weighted by Gasteiger charge is 2.13. The van der Waals surface area contributed by atoms with Crippen LogP contribution in [0.15, 0.2) is 0 Å². The lowest BCUT2D eigenvalue weighted by Gasteiger charge is -2.24. The normalized spacial score (nSPS) is 18.6. The zero-order valence-electron chi connectivity index (χ0n) is 13.3. The molecule has 1 N–H and O–H groups in total. The van der Waals surface area contributed by atoms with Gasteiger partial charge in [-0.2, -0.15) is 0 Å². The molecule has 0 saturated heterocycles. The van der Waals surface area contributed by atoms with Crippen LogP contribution in [0.25, 0.3) is 0 Å². The average molecular weight is 269 g/mol. The Balaban J connectivity index is 1.85. The second kappa shape index (κ2) is 11.7. The van der Waals surface area contributed by atoms with Crippen LogP contribution in [0, 0.1) is 0 Å². The minimum atomic E-state index is 0.373. The molecule has 0 bridgehead atoms. The second-order valence-electron chi connectivity index (χ2n) is 6.19. The fourth-order valence-corrected chi connectivity index (χ4v) is 2.87. The summed E-state index contributed by atoms with van der Waals surface area (Å²) >= 11 is 0. The molecule has 0 heterocycles. The number of ether oxygens (including phenoxy) is 1. The van der Waals surface area contributed by atoms with Crippen LogP contribution < -0.4 is 5.32 Å². The van der Waals surface area contributed by atoms with E-state index >= 15 is 0 Å². The van der Waals surface area contributed by atoms with Gasteiger partial charge in [0.25, 0.3) is 0 Å². The summed E-state index contributed by atoms with van der Waals surface area (Å²) in [6, 6.07) is 0.758. The minimum absolute atomic E-state index is 0.373. The van der Waals surface area contributed by atoms with Crippen molar-refractivity contribution in [2.45, 2.75) is 96.6 Å². The summed E-state index contributed by atoms with van der Waals surface area (Å²) in [6.45, 7) is 6.44. The molecule has 2 nitrogen and oxygen atoms in total. The van der Waals surface area contributed by atoms with Gasteiger partial charge in [-0.05, 0) is 26.2 Å². The van der Waals surface area contributed by atoms with Crippen LogP contribution in [0.4, 0.5) is 0 Å². The third-order valence-electron chi connectivity index (χ3n) is 4.20. The van der Waals surface area contributed by atoms with Crippen LogP contribution in [0.5, 0.6) is 0 Å². The molecule has 0 amide bonds. The number of hydrogen-bond donors (Lipinski definition) is 1. The van der Waals surface area contributed by atoms with E-state index in [1.165, 1.54) is 70.6 Å². The molecule has 19 heavy (non-hydrogen) atoms. The Morgan fingerprint density at radius 2 is 1.68 bits per heavy atom. The first-order valence-corrected chi connectivity index (χ1v) is 8.68. The van der Waals surface area contributed by atoms with Crippen LogP contribution in [-0.2, 0) is 4.74 Å². The molecule has 1 unspecified atom stereocenters. The van der Waals surface area contributed by atoms with E-state index in [0.717, 1.165) is 19.2 Å². The molecule has 1 aliphatic rings. The van der Waals surface area contributed by atoms with E-state index in [0.29, 0.717) is 6.10 Å². The lowest BCUT2D eigenvalue weighted by atomic mass is 9.95. The Labute approximate surface area is 120 Å². The fraction of sp³-hybridized carbons (Fsp3) is 1.00. The summed E-state index contributed by atoms with van der Waals surface area (Å²) in [7, 11) is 0. The van der Waals surface area contributed by atoms with Gasteiger partial charge in [0.1, 0.15) is 0 Å². The number of rotatable bonds is 11. The van der Waals surface area contributed by atoms with Gasteiger partial charge in [-0.3, -0.25) is 0 Å². The molecular weight excluding hydrogens is 234 g/mol. The summed E-state index contributed by atoms with van der Waals surface area (Å²) in [5, 5.41) is 3.67. The zero-order valence-corrected chi connectivity index (χ0v) is 13.3. The minimum Gasteiger partial charge on any atom is -0.377 e. The van der Waals surface area contributed by atoms with Gasteiger partial charge in [0.2, 0.25) is 0 Å². The van der Waals surface area contributed by atoms with E-state index in [2.05, 4.69) is 19.2 Å². The topological polar surface area (TPSA) is 21.3 Å². The van der Waals surface area contributed by atoms with Gasteiger partial charge in [-0.15, -0.1) is 0 Å². The van der Waals surface area contributed by atoms with Crippen LogP contribution in [0.2, 0.25) is 0 Å². The van der Waals surface area contributed by atoms with Gasteiger partial charge in [0, 0.05) is 19.2 Å². The van der Waals surface area contributed by atoms with Crippen molar-refractivity contribution >= 4 is 0 Å². The van der Waals surface area contributed by atoms with Gasteiger partial charge in [-0.25, -0.2) is 0 Å². The van der Waals surface area contributed by atoms with Gasteiger partial charge >= 0.3 is 0 Å². The Morgan fingerprint density at radius 3 is 2.42 bits per heavy atom. The number of unbranched alkanes of at least 4 members (excludes halogenated alkanes) is 5. The van der Waals surface area contributed by atoms with Gasteiger partial charge in [-0.1, -0.05) is 58.3 Å². The van der Waals surface area contributed by atoms with E-state index in [9.17, 15) is 0 Å². The van der Waals surface area contributed by atoms with E-state index in [4.69, 9.17) is 4.74 Å². The van der Waals surface area contributed by atoms with Crippen molar-refractivity contribution in [1.82, 2.24) is 5.32 Å². The Morgan fingerprint density at radius 1 is 1.00 bits per heavy atom. The van der Waals surface area contributed by atoms with Crippen LogP contribution >= 0.6 is 0 Å². The first-order valence-electron chi connectivity index (χ1n) is 8.68. The van der Waals surface area contributed by atoms with E-state index < -0.39 is 0 Å². The maximum atomic E-state index is 5.88. The van der Waals surface area contributed by atoms with E-state index in [1.54, 1.807) is 0 Å². The Hall–Kier alpha value is -0.0800. The largest absolute Gasteiger partial charge is 0.377 e. The molecule has 1 rings (SSSR count). The zero-order chi connectivity index (χ0) is 13.8. The van der Waals surface area contributed by atoms with E-state index in [-0.39, 0.29) is 0 Å². The van der Waals surface area contributed by atoms with Crippen LogP contribution in [0.1, 0.15) is 84.5 Å². The predicted molar refractivity (Wildman–Crippen MR) is 83.7 cm³/mol. The third kappa shape index (κ3) is 9.45. The molecular formula is C17H35NO. The summed E-state index contributed by atoms with van der Waals surface area (Å²) in [4.78, 5) is 0. The first-order chi connectivity index (χ1) is 9.33. The predicted octanol–water partition coefficient (Wildman–Crippen LogP) is 4.67. The quantitative estimate of drug-likeness (QED) is 0.550. The van der Waals surface area contributed by atoms with Crippen molar-refractivity contribution in [3.63, 3.8) is 0 Å². The number of hydrogen-bond acceptors (Lipinski definition) is 2. The van der Waals surface area contributed by atoms with Crippen LogP contribution in [-0.4, -0.2) is 25.3 Å². The monoisotopic (exact) mass is 269 g/mol. The fourth-order valence-electron chi connectivity index (χ4n) is 2.87. The lowest BCUT2D eigenvalue weighted by Crippen LogP contribution is -2.36. The molecule has 0 aromatic heterocycles. The lowest BCUT2D eigenvalue weighted by molar-refractivity contribution is 0.0600. The molecule has 2 heteroatoms. The van der Waals surface area contributed by atoms with Gasteiger partial charge in [0.15, 0.2) is 0 Å². The summed E-state index contributed by atoms with van der Waals surface area (Å²) in [6.07, 6.45) is 15.4. The van der Waals surface area contributed by atoms with Crippen molar-refractivity contribution in [3.8, 4) is 0 Å². The van der Waals surface area contributed by atoms with Gasteiger partial charge in [0.05, 0.1) is 6.10 Å². The molecule has 0 radical (unpaired) electrons. The molecule has 114 valence electrons. The summed E-state index contributed by atoms with van der Waals surface area (Å²) in [5.74, 6) is 0. The van der Waals surface area contributed by atoms with Crippen molar-refractivity contribution in [2.75, 3.05) is 13.2 Å². The van der Waals surface area contributed by atoms with Crippen LogP contribution in [0.3, 0.4) is 0 Å². The van der Waals surface area contributed by atoms with Gasteiger partial charge < -0.3 is 10.1 Å². The van der Waals surface area contributed by atoms with Crippen molar-refractivity contribution < 1.29 is 4.74 Å². The van der Waals surface area contributed by atoms with E-state index in [1.807, 2.05) is 0 Å². The average Bonchev–Trinajstić information content (AvgIpc) is 2.45. The Kier molecular flexibility index (Phi) is 10.5. The maximum Gasteiger partial charge on any atom is 0.0671 e. The maximum absolute atomic E-state index is 5.88. The number of nitrogens with one attached hydrogen (secondary N) is 1. The molecule has 1 atom stereocenters. The molecule has 0 aliphatic heterocycles. The summed E-state index contributed by atoms with van der Waals surface area (Å²) in [5.41, 5.74) is 0. The molecule has 0 aromatic rings. The highest BCUT2D eigenvalue weighted by molar-refractivity contribution is 4.72. The highest BCUT2D eigenvalue weighted by atomic mass is 16.5. The molecule has 1 fully saturated rings. The SMILES string of the molecule is CCCCCCCCOC(C)CNC1CCCCC1. The summed E-state index contributed by atoms with van der Waals surface area (Å²) < 4.78 is 5.88. The Bertz CT molecular complexity index is 190. The molecule has 1 saturated carbocycles. The highest BCUT2D eigenvalue weighted by Crippen LogP contribution is 2.17. The third-order valence-corrected chi connectivity index (χ3v) is 4.20. The molecule has 1 aliphatic carbocycles. The first kappa shape index (κ1) is 17.0. The van der Waals surface area contributed by atoms with Crippen molar-refractivity contribution in [3.05, 3.63) is 0 Å². The smallest absolute Gasteiger partial charge is 0.0671 e. The van der Waals surface area contributed by atoms with Crippen molar-refractivity contribution in [1.29, 1.82) is 0 Å². The van der Waals surface area contributed by atoms with Crippen molar-refractivity contribution in [2.24, 2.45) is 0 Å². The second-order valence-corrected chi connectivity index (χ2v) is 6.19. The molecule has 0 spiro atoms.